The van der Waals surface area contributed by atoms with E-state index in [9.17, 15) is 4.79 Å². The molecular formula is C20H29Cl2N3O3S. The summed E-state index contributed by atoms with van der Waals surface area (Å²) < 4.78 is 10.7. The Morgan fingerprint density at radius 1 is 1.24 bits per heavy atom. The van der Waals surface area contributed by atoms with E-state index in [1.807, 2.05) is 36.9 Å². The van der Waals surface area contributed by atoms with Crippen molar-refractivity contribution in [2.75, 3.05) is 20.8 Å². The average molecular weight is 462 g/mol. The second-order valence-corrected chi connectivity index (χ2v) is 7.92. The number of methoxy groups -OCH3 is 2. The van der Waals surface area contributed by atoms with Gasteiger partial charge in [0.05, 0.1) is 19.9 Å². The van der Waals surface area contributed by atoms with Crippen LogP contribution >= 0.6 is 36.2 Å². The highest BCUT2D eigenvalue weighted by Gasteiger charge is 2.32. The van der Waals surface area contributed by atoms with Crippen molar-refractivity contribution in [1.82, 2.24) is 9.88 Å². The summed E-state index contributed by atoms with van der Waals surface area (Å²) >= 11 is 1.42. The maximum atomic E-state index is 13.2. The number of aryl methyl sites for hydroxylation is 1. The van der Waals surface area contributed by atoms with Crippen LogP contribution in [0.5, 0.6) is 11.5 Å². The van der Waals surface area contributed by atoms with Crippen LogP contribution < -0.4 is 15.2 Å². The van der Waals surface area contributed by atoms with Gasteiger partial charge in [0.1, 0.15) is 9.88 Å². The SMILES string of the molecule is COc1ccc(-c2nc(C)c(C(=O)N3CCCCC3C(C)N)s2)cc1OC.Cl.Cl. The largest absolute Gasteiger partial charge is 0.493 e. The number of rotatable bonds is 5. The van der Waals surface area contributed by atoms with Gasteiger partial charge in [0, 0.05) is 24.2 Å². The zero-order valence-electron chi connectivity index (χ0n) is 17.1. The molecule has 1 saturated heterocycles. The summed E-state index contributed by atoms with van der Waals surface area (Å²) in [7, 11) is 3.21. The molecular weight excluding hydrogens is 433 g/mol. The van der Waals surface area contributed by atoms with Crippen LogP contribution in [0.2, 0.25) is 0 Å². The van der Waals surface area contributed by atoms with Gasteiger partial charge in [-0.1, -0.05) is 0 Å². The van der Waals surface area contributed by atoms with Crippen molar-refractivity contribution in [2.45, 2.75) is 45.2 Å². The second kappa shape index (κ2) is 11.0. The van der Waals surface area contributed by atoms with Gasteiger partial charge in [0.15, 0.2) is 11.5 Å². The van der Waals surface area contributed by atoms with Crippen molar-refractivity contribution < 1.29 is 14.3 Å². The molecule has 1 aliphatic heterocycles. The molecule has 2 heterocycles. The molecule has 0 saturated carbocycles. The number of thiazole rings is 1. The number of amides is 1. The van der Waals surface area contributed by atoms with Crippen LogP contribution in [0.4, 0.5) is 0 Å². The van der Waals surface area contributed by atoms with Gasteiger partial charge in [-0.05, 0) is 51.3 Å². The number of carbonyl (C=O) groups excluding carboxylic acids is 1. The summed E-state index contributed by atoms with van der Waals surface area (Å²) in [5, 5.41) is 0.797. The summed E-state index contributed by atoms with van der Waals surface area (Å²) in [6.45, 7) is 4.62. The zero-order chi connectivity index (χ0) is 19.6. The number of hydrogen-bond acceptors (Lipinski definition) is 6. The fraction of sp³-hybridized carbons (Fsp3) is 0.500. The zero-order valence-corrected chi connectivity index (χ0v) is 19.6. The molecule has 29 heavy (non-hydrogen) atoms. The number of piperidine rings is 1. The van der Waals surface area contributed by atoms with E-state index in [0.29, 0.717) is 16.4 Å². The molecule has 1 aromatic heterocycles. The van der Waals surface area contributed by atoms with Crippen LogP contribution in [0, 0.1) is 6.92 Å². The Labute approximate surface area is 188 Å². The van der Waals surface area contributed by atoms with Gasteiger partial charge in [-0.2, -0.15) is 0 Å². The molecule has 2 atom stereocenters. The van der Waals surface area contributed by atoms with E-state index in [1.54, 1.807) is 14.2 Å². The fourth-order valence-corrected chi connectivity index (χ4v) is 4.59. The molecule has 9 heteroatoms. The molecule has 2 aromatic rings. The molecule has 1 aromatic carbocycles. The van der Waals surface area contributed by atoms with Crippen molar-refractivity contribution in [2.24, 2.45) is 5.73 Å². The summed E-state index contributed by atoms with van der Waals surface area (Å²) in [5.74, 6) is 1.35. The van der Waals surface area contributed by atoms with Gasteiger partial charge in [-0.25, -0.2) is 4.98 Å². The number of halogens is 2. The number of hydrogen-bond donors (Lipinski definition) is 1. The molecule has 6 nitrogen and oxygen atoms in total. The summed E-state index contributed by atoms with van der Waals surface area (Å²) in [5.41, 5.74) is 7.79. The van der Waals surface area contributed by atoms with E-state index in [0.717, 1.165) is 42.1 Å². The molecule has 1 fully saturated rings. The lowest BCUT2D eigenvalue weighted by molar-refractivity contribution is 0.0588. The lowest BCUT2D eigenvalue weighted by atomic mass is 9.96. The molecule has 0 bridgehead atoms. The predicted octanol–water partition coefficient (Wildman–Crippen LogP) is 4.32. The first-order chi connectivity index (χ1) is 13.0. The Kier molecular flexibility index (Phi) is 9.68. The number of likely N-dealkylation sites (tertiary alicyclic amines) is 1. The smallest absolute Gasteiger partial charge is 0.266 e. The quantitative estimate of drug-likeness (QED) is 0.716. The van der Waals surface area contributed by atoms with Crippen LogP contribution in [0.15, 0.2) is 18.2 Å². The van der Waals surface area contributed by atoms with Gasteiger partial charge in [-0.15, -0.1) is 36.2 Å². The van der Waals surface area contributed by atoms with Gasteiger partial charge in [0.25, 0.3) is 5.91 Å². The minimum atomic E-state index is -0.0344. The molecule has 1 aliphatic rings. The molecule has 0 aliphatic carbocycles. The fourth-order valence-electron chi connectivity index (χ4n) is 3.57. The van der Waals surface area contributed by atoms with Crippen molar-refractivity contribution in [3.63, 3.8) is 0 Å². The Morgan fingerprint density at radius 2 is 1.93 bits per heavy atom. The minimum Gasteiger partial charge on any atom is -0.493 e. The van der Waals surface area contributed by atoms with E-state index in [2.05, 4.69) is 4.98 Å². The van der Waals surface area contributed by atoms with E-state index >= 15 is 0 Å². The third-order valence-corrected chi connectivity index (χ3v) is 6.23. The first kappa shape index (κ1) is 25.5. The summed E-state index contributed by atoms with van der Waals surface area (Å²) in [6, 6.07) is 5.73. The molecule has 2 unspecified atom stereocenters. The van der Waals surface area contributed by atoms with Crippen LogP contribution in [-0.4, -0.2) is 48.6 Å². The highest BCUT2D eigenvalue weighted by molar-refractivity contribution is 7.17. The molecule has 2 N–H and O–H groups in total. The van der Waals surface area contributed by atoms with Crippen molar-refractivity contribution in [3.8, 4) is 22.1 Å². The lowest BCUT2D eigenvalue weighted by Crippen LogP contribution is -2.51. The third kappa shape index (κ3) is 5.34. The Balaban J connectivity index is 0.00000210. The Bertz CT molecular complexity index is 829. The van der Waals surface area contributed by atoms with Crippen LogP contribution in [-0.2, 0) is 0 Å². The standard InChI is InChI=1S/C20H27N3O3S.2ClH/c1-12(21)15-7-5-6-10-23(15)20(24)18-13(2)22-19(27-18)14-8-9-16(25-3)17(11-14)26-4;;/h8-9,11-12,15H,5-7,10,21H2,1-4H3;2*1H. The van der Waals surface area contributed by atoms with Gasteiger partial charge < -0.3 is 20.1 Å². The molecule has 0 radical (unpaired) electrons. The molecule has 1 amide bonds. The van der Waals surface area contributed by atoms with Gasteiger partial charge in [0.2, 0.25) is 0 Å². The first-order valence-electron chi connectivity index (χ1n) is 9.22. The van der Waals surface area contributed by atoms with E-state index in [4.69, 9.17) is 15.2 Å². The van der Waals surface area contributed by atoms with Crippen molar-refractivity contribution >= 4 is 42.1 Å². The minimum absolute atomic E-state index is 0. The topological polar surface area (TPSA) is 77.7 Å². The maximum absolute atomic E-state index is 13.2. The molecule has 162 valence electrons. The number of nitrogens with zero attached hydrogens (tertiary/aromatic N) is 2. The number of carbonyl (C=O) groups is 1. The van der Waals surface area contributed by atoms with E-state index in [-0.39, 0.29) is 42.8 Å². The normalized spacial score (nSPS) is 17.0. The number of benzene rings is 1. The summed E-state index contributed by atoms with van der Waals surface area (Å²) in [4.78, 5) is 20.5. The Hall–Kier alpha value is -1.54. The van der Waals surface area contributed by atoms with Crippen LogP contribution in [0.25, 0.3) is 10.6 Å². The van der Waals surface area contributed by atoms with Crippen molar-refractivity contribution in [1.29, 1.82) is 0 Å². The highest BCUT2D eigenvalue weighted by Crippen LogP contribution is 2.35. The number of ether oxygens (including phenoxy) is 2. The lowest BCUT2D eigenvalue weighted by Gasteiger charge is -2.37. The van der Waals surface area contributed by atoms with Gasteiger partial charge in [-0.3, -0.25) is 4.79 Å². The molecule has 0 spiro atoms. The second-order valence-electron chi connectivity index (χ2n) is 6.92. The van der Waals surface area contributed by atoms with Crippen LogP contribution in [0.1, 0.15) is 41.6 Å². The number of nitrogens with two attached hydrogens (primary N) is 1. The van der Waals surface area contributed by atoms with Crippen LogP contribution in [0.3, 0.4) is 0 Å². The predicted molar refractivity (Wildman–Crippen MR) is 122 cm³/mol. The maximum Gasteiger partial charge on any atom is 0.266 e. The molecule has 3 rings (SSSR count). The van der Waals surface area contributed by atoms with E-state index in [1.165, 1.54) is 11.3 Å². The average Bonchev–Trinajstić information content (AvgIpc) is 3.08. The monoisotopic (exact) mass is 461 g/mol. The highest BCUT2D eigenvalue weighted by atomic mass is 35.5. The Morgan fingerprint density at radius 3 is 2.55 bits per heavy atom. The van der Waals surface area contributed by atoms with Gasteiger partial charge >= 0.3 is 0 Å². The van der Waals surface area contributed by atoms with Crippen molar-refractivity contribution in [3.05, 3.63) is 28.8 Å². The first-order valence-corrected chi connectivity index (χ1v) is 10.0. The number of aromatic nitrogens is 1. The third-order valence-electron chi connectivity index (χ3n) is 5.04. The van der Waals surface area contributed by atoms with E-state index < -0.39 is 0 Å². The summed E-state index contributed by atoms with van der Waals surface area (Å²) in [6.07, 6.45) is 3.10.